The number of hydrogen-bond donors (Lipinski definition) is 3. The van der Waals surface area contributed by atoms with Crippen molar-refractivity contribution in [2.45, 2.75) is 51.5 Å². The highest BCUT2D eigenvalue weighted by Gasteiger charge is 2.33. The maximum Gasteiger partial charge on any atom is 0.335 e. The average Bonchev–Trinajstić information content (AvgIpc) is 3.38. The molecule has 4 heterocycles. The largest absolute Gasteiger partial charge is 0.478 e. The smallest absolute Gasteiger partial charge is 0.335 e. The lowest BCUT2D eigenvalue weighted by atomic mass is 10.3. The number of rotatable bonds is 6. The highest BCUT2D eigenvalue weighted by Crippen LogP contribution is 2.23. The van der Waals surface area contributed by atoms with E-state index in [1.807, 2.05) is 27.7 Å². The molecule has 0 bridgehead atoms. The molecule has 0 radical (unpaired) electrons. The van der Waals surface area contributed by atoms with Crippen LogP contribution in [-0.4, -0.2) is 87.4 Å². The number of aromatic nitrogens is 2. The molecule has 2 fully saturated rings. The average molecular weight is 587 g/mol. The Kier molecular flexibility index (Phi) is 11.3. The lowest BCUT2D eigenvalue weighted by molar-refractivity contribution is -0.142. The van der Waals surface area contributed by atoms with E-state index in [9.17, 15) is 9.59 Å². The Morgan fingerprint density at radius 3 is 1.86 bits per heavy atom. The monoisotopic (exact) mass is 586 g/mol. The van der Waals surface area contributed by atoms with E-state index in [-0.39, 0.29) is 42.4 Å². The van der Waals surface area contributed by atoms with E-state index >= 15 is 0 Å². The molecule has 0 aromatic carbocycles. The molecule has 2 atom stereocenters. The standard InChI is InChI=1S/C12H15NO5.C6H4BrNO2.C6H12O3/c1-12(2)17-7-9(18-12)6-16-10-5-8(11(14)15)3-4-13-10;7-5-3-4(6(9)10)1-2-8-5;1-6(2)8-4-5(3-7)9-6/h3-5,9H,6-7H2,1-2H3,(H,14,15);1-3H,(H,9,10);5,7H,3-4H2,1-2H3. The number of nitrogens with zero attached hydrogens (tertiary/aromatic N) is 2. The van der Waals surface area contributed by atoms with Crippen LogP contribution in [0.4, 0.5) is 0 Å². The van der Waals surface area contributed by atoms with Crippen LogP contribution in [0, 0.1) is 0 Å². The van der Waals surface area contributed by atoms with Crippen molar-refractivity contribution >= 4 is 27.9 Å². The van der Waals surface area contributed by atoms with Gasteiger partial charge in [0, 0.05) is 18.5 Å². The van der Waals surface area contributed by atoms with Gasteiger partial charge in [0.05, 0.1) is 30.9 Å². The van der Waals surface area contributed by atoms with Crippen molar-refractivity contribution in [1.29, 1.82) is 0 Å². The first-order chi connectivity index (χ1) is 17.3. The number of aliphatic hydroxyl groups excluding tert-OH is 1. The number of aliphatic hydroxyl groups is 1. The molecule has 37 heavy (non-hydrogen) atoms. The van der Waals surface area contributed by atoms with Gasteiger partial charge in [-0.3, -0.25) is 0 Å². The Balaban J connectivity index is 0.000000214. The van der Waals surface area contributed by atoms with Crippen LogP contribution in [-0.2, 0) is 18.9 Å². The predicted molar refractivity (Wildman–Crippen MR) is 132 cm³/mol. The minimum atomic E-state index is -1.01. The highest BCUT2D eigenvalue weighted by atomic mass is 79.9. The van der Waals surface area contributed by atoms with Crippen molar-refractivity contribution in [2.24, 2.45) is 0 Å². The molecule has 204 valence electrons. The summed E-state index contributed by atoms with van der Waals surface area (Å²) >= 11 is 3.06. The molecule has 12 nitrogen and oxygen atoms in total. The van der Waals surface area contributed by atoms with Gasteiger partial charge in [0.1, 0.15) is 23.4 Å². The molecule has 3 N–H and O–H groups in total. The van der Waals surface area contributed by atoms with Crippen molar-refractivity contribution < 1.29 is 48.6 Å². The quantitative estimate of drug-likeness (QED) is 0.424. The predicted octanol–water partition coefficient (Wildman–Crippen LogP) is 2.98. The summed E-state index contributed by atoms with van der Waals surface area (Å²) in [5.41, 5.74) is 0.380. The number of carboxylic acids is 2. The second-order valence-corrected chi connectivity index (χ2v) is 9.57. The van der Waals surface area contributed by atoms with E-state index in [0.29, 0.717) is 17.8 Å². The number of pyridine rings is 2. The number of ether oxygens (including phenoxy) is 5. The molecule has 0 saturated carbocycles. The zero-order valence-electron chi connectivity index (χ0n) is 20.9. The fourth-order valence-corrected chi connectivity index (χ4v) is 3.40. The maximum atomic E-state index is 10.8. The summed E-state index contributed by atoms with van der Waals surface area (Å²) in [6.07, 6.45) is 2.54. The van der Waals surface area contributed by atoms with E-state index in [2.05, 4.69) is 25.9 Å². The van der Waals surface area contributed by atoms with E-state index < -0.39 is 23.5 Å². The molecule has 0 aliphatic carbocycles. The lowest BCUT2D eigenvalue weighted by Crippen LogP contribution is -2.25. The molecule has 2 aromatic rings. The van der Waals surface area contributed by atoms with E-state index in [1.165, 1.54) is 36.7 Å². The number of hydrogen-bond acceptors (Lipinski definition) is 10. The summed E-state index contributed by atoms with van der Waals surface area (Å²) in [5, 5.41) is 25.9. The first-order valence-corrected chi connectivity index (χ1v) is 12.0. The third-order valence-electron chi connectivity index (χ3n) is 4.71. The Labute approximate surface area is 222 Å². The Hall–Kier alpha value is -2.68. The van der Waals surface area contributed by atoms with Crippen LogP contribution in [0.2, 0.25) is 0 Å². The van der Waals surface area contributed by atoms with Gasteiger partial charge in [-0.25, -0.2) is 19.6 Å². The first kappa shape index (κ1) is 30.5. The Morgan fingerprint density at radius 1 is 0.946 bits per heavy atom. The van der Waals surface area contributed by atoms with Crippen molar-refractivity contribution in [3.8, 4) is 5.88 Å². The summed E-state index contributed by atoms with van der Waals surface area (Å²) in [4.78, 5) is 28.8. The summed E-state index contributed by atoms with van der Waals surface area (Å²) in [6.45, 7) is 8.61. The van der Waals surface area contributed by atoms with Gasteiger partial charge in [0.2, 0.25) is 5.88 Å². The van der Waals surface area contributed by atoms with Gasteiger partial charge in [-0.15, -0.1) is 0 Å². The van der Waals surface area contributed by atoms with E-state index in [4.69, 9.17) is 39.0 Å². The third kappa shape index (κ3) is 11.1. The van der Waals surface area contributed by atoms with Crippen LogP contribution in [0.25, 0.3) is 0 Å². The van der Waals surface area contributed by atoms with E-state index in [0.717, 1.165) is 0 Å². The summed E-state index contributed by atoms with van der Waals surface area (Å²) < 4.78 is 27.3. The summed E-state index contributed by atoms with van der Waals surface area (Å²) in [6, 6.07) is 5.67. The minimum absolute atomic E-state index is 0.0451. The molecular weight excluding hydrogens is 556 g/mol. The molecule has 2 aliphatic heterocycles. The number of halogens is 1. The summed E-state index contributed by atoms with van der Waals surface area (Å²) in [5.74, 6) is -2.77. The van der Waals surface area contributed by atoms with Crippen LogP contribution >= 0.6 is 15.9 Å². The van der Waals surface area contributed by atoms with Crippen LogP contribution in [0.15, 0.2) is 41.3 Å². The van der Waals surface area contributed by atoms with Gasteiger partial charge in [-0.2, -0.15) is 0 Å². The van der Waals surface area contributed by atoms with Crippen LogP contribution < -0.4 is 4.74 Å². The van der Waals surface area contributed by atoms with Gasteiger partial charge in [0.25, 0.3) is 0 Å². The van der Waals surface area contributed by atoms with Crippen molar-refractivity contribution in [3.05, 3.63) is 52.4 Å². The van der Waals surface area contributed by atoms with Gasteiger partial charge >= 0.3 is 11.9 Å². The Bertz CT molecular complexity index is 1050. The van der Waals surface area contributed by atoms with E-state index in [1.54, 1.807) is 0 Å². The normalized spacial score (nSPS) is 21.1. The molecule has 0 spiro atoms. The molecule has 0 amide bonds. The minimum Gasteiger partial charge on any atom is -0.478 e. The van der Waals surface area contributed by atoms with Crippen molar-refractivity contribution in [2.75, 3.05) is 26.4 Å². The van der Waals surface area contributed by atoms with Gasteiger partial charge in [0.15, 0.2) is 11.6 Å². The van der Waals surface area contributed by atoms with Crippen molar-refractivity contribution in [1.82, 2.24) is 9.97 Å². The number of carboxylic acid groups (broad SMARTS) is 2. The van der Waals surface area contributed by atoms with Crippen LogP contribution in [0.5, 0.6) is 5.88 Å². The van der Waals surface area contributed by atoms with Gasteiger partial charge in [-0.1, -0.05) is 0 Å². The van der Waals surface area contributed by atoms with Crippen LogP contribution in [0.1, 0.15) is 48.4 Å². The number of carbonyl (C=O) groups is 2. The zero-order valence-corrected chi connectivity index (χ0v) is 22.5. The molecule has 13 heteroatoms. The van der Waals surface area contributed by atoms with Crippen LogP contribution in [0.3, 0.4) is 0 Å². The summed E-state index contributed by atoms with van der Waals surface area (Å²) in [7, 11) is 0. The molecule has 4 rings (SSSR count). The maximum absolute atomic E-state index is 10.8. The highest BCUT2D eigenvalue weighted by molar-refractivity contribution is 9.10. The second-order valence-electron chi connectivity index (χ2n) is 8.76. The van der Waals surface area contributed by atoms with Gasteiger partial charge < -0.3 is 39.0 Å². The zero-order chi connectivity index (χ0) is 27.6. The lowest BCUT2D eigenvalue weighted by Gasteiger charge is -2.17. The first-order valence-electron chi connectivity index (χ1n) is 11.2. The topological polar surface area (TPSA) is 167 Å². The molecule has 2 saturated heterocycles. The number of aromatic carboxylic acids is 2. The van der Waals surface area contributed by atoms with Gasteiger partial charge in [-0.05, 0) is 61.8 Å². The molecular formula is C24H31BrN2O10. The molecule has 2 aromatic heterocycles. The Morgan fingerprint density at radius 2 is 1.46 bits per heavy atom. The SMILES string of the molecule is CC1(C)OCC(CO)O1.CC1(C)OCC(COc2cc(C(=O)O)ccn2)O1.O=C(O)c1ccnc(Br)c1. The molecule has 2 unspecified atom stereocenters. The molecule has 2 aliphatic rings. The fraction of sp³-hybridized carbons (Fsp3) is 0.500. The third-order valence-corrected chi connectivity index (χ3v) is 5.14. The van der Waals surface area contributed by atoms with Crippen molar-refractivity contribution in [3.63, 3.8) is 0 Å². The fourth-order valence-electron chi connectivity index (χ4n) is 3.03. The second kappa shape index (κ2) is 13.7.